The first-order valence-corrected chi connectivity index (χ1v) is 5.86. The van der Waals surface area contributed by atoms with Crippen LogP contribution in [-0.2, 0) is 11.3 Å². The fourth-order valence-electron chi connectivity index (χ4n) is 1.50. The van der Waals surface area contributed by atoms with Crippen LogP contribution in [0, 0.1) is 0 Å². The molecule has 0 amide bonds. The van der Waals surface area contributed by atoms with E-state index in [2.05, 4.69) is 5.32 Å². The molecule has 0 bridgehead atoms. The van der Waals surface area contributed by atoms with Crippen LogP contribution in [0.5, 0.6) is 5.75 Å². The molecule has 0 saturated heterocycles. The van der Waals surface area contributed by atoms with Gasteiger partial charge in [-0.05, 0) is 12.6 Å². The Hall–Kier alpha value is -1.10. The molecule has 0 fully saturated rings. The van der Waals surface area contributed by atoms with E-state index in [9.17, 15) is 5.11 Å². The Morgan fingerprint density at radius 1 is 1.35 bits per heavy atom. The molecule has 2 N–H and O–H groups in total. The Labute approximate surface area is 103 Å². The van der Waals surface area contributed by atoms with Gasteiger partial charge < -0.3 is 19.9 Å². The molecule has 0 aliphatic carbocycles. The molecule has 0 radical (unpaired) electrons. The number of benzene rings is 1. The summed E-state index contributed by atoms with van der Waals surface area (Å²) in [7, 11) is 1.64. The van der Waals surface area contributed by atoms with Gasteiger partial charge in [-0.2, -0.15) is 0 Å². The minimum absolute atomic E-state index is 0.324. The van der Waals surface area contributed by atoms with Crippen LogP contribution in [0.15, 0.2) is 24.3 Å². The van der Waals surface area contributed by atoms with E-state index in [4.69, 9.17) is 9.47 Å². The Morgan fingerprint density at radius 2 is 2.12 bits per heavy atom. The molecule has 0 aromatic heterocycles. The Morgan fingerprint density at radius 3 is 2.82 bits per heavy atom. The van der Waals surface area contributed by atoms with Gasteiger partial charge in [0.2, 0.25) is 0 Å². The number of methoxy groups -OCH3 is 1. The Kier molecular flexibility index (Phi) is 6.62. The molecule has 1 aromatic carbocycles. The lowest BCUT2D eigenvalue weighted by Gasteiger charge is -2.12. The standard InChI is InChI=1S/C13H21NO3/c1-3-14-8-12(15)10-17-9-11-6-4-5-7-13(11)16-2/h4-7,12,14-15H,3,8-10H2,1-2H3/t12-/m0/s1. The maximum atomic E-state index is 9.57. The van der Waals surface area contributed by atoms with E-state index in [-0.39, 0.29) is 0 Å². The molecule has 0 heterocycles. The van der Waals surface area contributed by atoms with E-state index in [1.165, 1.54) is 0 Å². The third kappa shape index (κ3) is 5.17. The summed E-state index contributed by atoms with van der Waals surface area (Å²) in [5.41, 5.74) is 0.991. The fraction of sp³-hybridized carbons (Fsp3) is 0.538. The van der Waals surface area contributed by atoms with Gasteiger partial charge in [0.25, 0.3) is 0 Å². The van der Waals surface area contributed by atoms with Gasteiger partial charge in [0, 0.05) is 12.1 Å². The smallest absolute Gasteiger partial charge is 0.124 e. The molecule has 1 atom stereocenters. The van der Waals surface area contributed by atoms with E-state index in [0.29, 0.717) is 19.8 Å². The molecule has 0 aliphatic heterocycles. The van der Waals surface area contributed by atoms with E-state index >= 15 is 0 Å². The lowest BCUT2D eigenvalue weighted by atomic mass is 10.2. The van der Waals surface area contributed by atoms with Crippen molar-refractivity contribution in [2.45, 2.75) is 19.6 Å². The third-order valence-electron chi connectivity index (χ3n) is 2.39. The molecule has 0 unspecified atom stereocenters. The van der Waals surface area contributed by atoms with Gasteiger partial charge >= 0.3 is 0 Å². The molecular formula is C13H21NO3. The van der Waals surface area contributed by atoms with Crippen LogP contribution in [0.3, 0.4) is 0 Å². The predicted molar refractivity (Wildman–Crippen MR) is 67.2 cm³/mol. The number of aliphatic hydroxyl groups is 1. The van der Waals surface area contributed by atoms with Crippen LogP contribution in [0.4, 0.5) is 0 Å². The van der Waals surface area contributed by atoms with Crippen LogP contribution < -0.4 is 10.1 Å². The maximum absolute atomic E-state index is 9.57. The highest BCUT2D eigenvalue weighted by atomic mass is 16.5. The number of nitrogens with one attached hydrogen (secondary N) is 1. The van der Waals surface area contributed by atoms with Crippen LogP contribution in [0.2, 0.25) is 0 Å². The summed E-state index contributed by atoms with van der Waals surface area (Å²) in [6.07, 6.45) is -0.468. The van der Waals surface area contributed by atoms with Gasteiger partial charge in [0.05, 0.1) is 26.4 Å². The van der Waals surface area contributed by atoms with Crippen molar-refractivity contribution < 1.29 is 14.6 Å². The van der Waals surface area contributed by atoms with Crippen LogP contribution in [0.1, 0.15) is 12.5 Å². The monoisotopic (exact) mass is 239 g/mol. The highest BCUT2D eigenvalue weighted by Gasteiger charge is 2.05. The molecule has 96 valence electrons. The average Bonchev–Trinajstić information content (AvgIpc) is 2.37. The summed E-state index contributed by atoms with van der Waals surface area (Å²) in [6, 6.07) is 7.71. The zero-order valence-electron chi connectivity index (χ0n) is 10.5. The number of para-hydroxylation sites is 1. The molecule has 17 heavy (non-hydrogen) atoms. The van der Waals surface area contributed by atoms with Crippen molar-refractivity contribution >= 4 is 0 Å². The predicted octanol–water partition coefficient (Wildman–Crippen LogP) is 1.18. The van der Waals surface area contributed by atoms with Crippen molar-refractivity contribution in [1.82, 2.24) is 5.32 Å². The van der Waals surface area contributed by atoms with Gasteiger partial charge in [0.1, 0.15) is 5.75 Å². The summed E-state index contributed by atoms with van der Waals surface area (Å²) in [5.74, 6) is 0.814. The van der Waals surface area contributed by atoms with Crippen molar-refractivity contribution in [3.8, 4) is 5.75 Å². The molecule has 1 aromatic rings. The molecule has 0 aliphatic rings. The number of hydrogen-bond donors (Lipinski definition) is 2. The minimum atomic E-state index is -0.468. The van der Waals surface area contributed by atoms with E-state index < -0.39 is 6.10 Å². The number of rotatable bonds is 8. The number of likely N-dealkylation sites (N-methyl/N-ethyl adjacent to an activating group) is 1. The highest BCUT2D eigenvalue weighted by Crippen LogP contribution is 2.17. The zero-order valence-corrected chi connectivity index (χ0v) is 10.5. The van der Waals surface area contributed by atoms with Crippen LogP contribution >= 0.6 is 0 Å². The summed E-state index contributed by atoms with van der Waals surface area (Å²) < 4.78 is 10.7. The van der Waals surface area contributed by atoms with Gasteiger partial charge in [0.15, 0.2) is 0 Å². The first-order valence-electron chi connectivity index (χ1n) is 5.86. The molecule has 0 spiro atoms. The summed E-state index contributed by atoms with van der Waals surface area (Å²) in [4.78, 5) is 0. The zero-order chi connectivity index (χ0) is 12.5. The van der Waals surface area contributed by atoms with Crippen molar-refractivity contribution in [3.63, 3.8) is 0 Å². The quantitative estimate of drug-likeness (QED) is 0.715. The maximum Gasteiger partial charge on any atom is 0.124 e. The topological polar surface area (TPSA) is 50.7 Å². The third-order valence-corrected chi connectivity index (χ3v) is 2.39. The molecule has 1 rings (SSSR count). The Balaban J connectivity index is 2.30. The molecule has 4 heteroatoms. The normalized spacial score (nSPS) is 12.4. The van der Waals surface area contributed by atoms with Crippen molar-refractivity contribution in [1.29, 1.82) is 0 Å². The lowest BCUT2D eigenvalue weighted by Crippen LogP contribution is -2.30. The van der Waals surface area contributed by atoms with Gasteiger partial charge in [-0.25, -0.2) is 0 Å². The lowest BCUT2D eigenvalue weighted by molar-refractivity contribution is 0.0285. The van der Waals surface area contributed by atoms with E-state index in [1.54, 1.807) is 7.11 Å². The second-order valence-electron chi connectivity index (χ2n) is 3.79. The fourth-order valence-corrected chi connectivity index (χ4v) is 1.50. The average molecular weight is 239 g/mol. The number of ether oxygens (including phenoxy) is 2. The molecular weight excluding hydrogens is 218 g/mol. The minimum Gasteiger partial charge on any atom is -0.496 e. The first-order chi connectivity index (χ1) is 8.27. The molecule has 0 saturated carbocycles. The van der Waals surface area contributed by atoms with Crippen LogP contribution in [-0.4, -0.2) is 38.0 Å². The second-order valence-corrected chi connectivity index (χ2v) is 3.79. The van der Waals surface area contributed by atoms with Gasteiger partial charge in [-0.1, -0.05) is 25.1 Å². The molecule has 4 nitrogen and oxygen atoms in total. The largest absolute Gasteiger partial charge is 0.496 e. The van der Waals surface area contributed by atoms with E-state index in [1.807, 2.05) is 31.2 Å². The van der Waals surface area contributed by atoms with Gasteiger partial charge in [-0.15, -0.1) is 0 Å². The van der Waals surface area contributed by atoms with Crippen molar-refractivity contribution in [2.75, 3.05) is 26.8 Å². The Bertz CT molecular complexity index is 317. The number of hydrogen-bond acceptors (Lipinski definition) is 4. The summed E-state index contributed by atoms with van der Waals surface area (Å²) in [6.45, 7) is 4.19. The second kappa shape index (κ2) is 8.06. The van der Waals surface area contributed by atoms with E-state index in [0.717, 1.165) is 17.9 Å². The van der Waals surface area contributed by atoms with Crippen LogP contribution in [0.25, 0.3) is 0 Å². The highest BCUT2D eigenvalue weighted by molar-refractivity contribution is 5.32. The van der Waals surface area contributed by atoms with Crippen molar-refractivity contribution in [2.24, 2.45) is 0 Å². The number of aliphatic hydroxyl groups excluding tert-OH is 1. The summed E-state index contributed by atoms with van der Waals surface area (Å²) >= 11 is 0. The van der Waals surface area contributed by atoms with Crippen molar-refractivity contribution in [3.05, 3.63) is 29.8 Å². The first kappa shape index (κ1) is 14.0. The van der Waals surface area contributed by atoms with Gasteiger partial charge in [-0.3, -0.25) is 0 Å². The SMILES string of the molecule is CCNC[C@H](O)COCc1ccccc1OC. The summed E-state index contributed by atoms with van der Waals surface area (Å²) in [5, 5.41) is 12.6.